The molecule has 0 saturated carbocycles. The first-order valence-corrected chi connectivity index (χ1v) is 9.27. The largest absolute Gasteiger partial charge is 0.378 e. The predicted molar refractivity (Wildman–Crippen MR) is 109 cm³/mol. The minimum absolute atomic E-state index is 0.279. The van der Waals surface area contributed by atoms with Crippen molar-refractivity contribution in [2.24, 2.45) is 0 Å². The standard InChI is InChI=1S/C21H20FN5O2/c22-16-4-3-5-17(12-16)25-21-23-13-15(14-24-21)20(28)26-18-6-1-2-7-19(18)27-8-10-29-11-9-27/h1-7,12-14H,8-11H2,(H,26,28)(H,23,24,25). The maximum absolute atomic E-state index is 13.3. The van der Waals surface area contributed by atoms with Crippen molar-refractivity contribution in [3.8, 4) is 0 Å². The van der Waals surface area contributed by atoms with E-state index in [4.69, 9.17) is 4.74 Å². The third-order valence-electron chi connectivity index (χ3n) is 4.50. The maximum Gasteiger partial charge on any atom is 0.258 e. The van der Waals surface area contributed by atoms with E-state index in [0.717, 1.165) is 24.5 Å². The number of para-hydroxylation sites is 2. The predicted octanol–water partition coefficient (Wildman–Crippen LogP) is 3.45. The topological polar surface area (TPSA) is 79.4 Å². The lowest BCUT2D eigenvalue weighted by atomic mass is 10.2. The second-order valence-electron chi connectivity index (χ2n) is 6.50. The molecule has 0 unspecified atom stereocenters. The lowest BCUT2D eigenvalue weighted by Gasteiger charge is -2.30. The monoisotopic (exact) mass is 393 g/mol. The highest BCUT2D eigenvalue weighted by molar-refractivity contribution is 6.05. The van der Waals surface area contributed by atoms with Crippen LogP contribution in [0.1, 0.15) is 10.4 Å². The summed E-state index contributed by atoms with van der Waals surface area (Å²) in [5.41, 5.74) is 2.53. The summed E-state index contributed by atoms with van der Waals surface area (Å²) >= 11 is 0. The Morgan fingerprint density at radius 1 is 1.03 bits per heavy atom. The summed E-state index contributed by atoms with van der Waals surface area (Å²) in [5.74, 6) is -0.381. The van der Waals surface area contributed by atoms with E-state index in [9.17, 15) is 9.18 Å². The molecule has 29 heavy (non-hydrogen) atoms. The molecular weight excluding hydrogens is 373 g/mol. The van der Waals surface area contributed by atoms with Crippen LogP contribution in [0.4, 0.5) is 27.4 Å². The first-order valence-electron chi connectivity index (χ1n) is 9.27. The van der Waals surface area contributed by atoms with Crippen molar-refractivity contribution >= 4 is 28.9 Å². The maximum atomic E-state index is 13.3. The van der Waals surface area contributed by atoms with Crippen molar-refractivity contribution < 1.29 is 13.9 Å². The minimum Gasteiger partial charge on any atom is -0.378 e. The molecule has 8 heteroatoms. The van der Waals surface area contributed by atoms with Gasteiger partial charge in [0, 0.05) is 31.2 Å². The summed E-state index contributed by atoms with van der Waals surface area (Å²) < 4.78 is 18.7. The summed E-state index contributed by atoms with van der Waals surface area (Å²) in [6.45, 7) is 2.87. The van der Waals surface area contributed by atoms with Gasteiger partial charge >= 0.3 is 0 Å². The van der Waals surface area contributed by atoms with Crippen molar-refractivity contribution in [3.63, 3.8) is 0 Å². The van der Waals surface area contributed by atoms with Gasteiger partial charge in [0.25, 0.3) is 5.91 Å². The average molecular weight is 393 g/mol. The number of halogens is 1. The van der Waals surface area contributed by atoms with Gasteiger partial charge in [0.2, 0.25) is 5.95 Å². The molecule has 1 aromatic heterocycles. The molecule has 2 N–H and O–H groups in total. The molecule has 0 aliphatic carbocycles. The van der Waals surface area contributed by atoms with Crippen LogP contribution in [0.15, 0.2) is 60.9 Å². The number of amides is 1. The lowest BCUT2D eigenvalue weighted by molar-refractivity contribution is 0.102. The van der Waals surface area contributed by atoms with Gasteiger partial charge in [-0.05, 0) is 30.3 Å². The summed E-state index contributed by atoms with van der Waals surface area (Å²) in [5, 5.41) is 5.83. The Hall–Kier alpha value is -3.52. The van der Waals surface area contributed by atoms with Gasteiger partial charge in [-0.2, -0.15) is 0 Å². The fraction of sp³-hybridized carbons (Fsp3) is 0.190. The van der Waals surface area contributed by atoms with Gasteiger partial charge in [0.1, 0.15) is 5.82 Å². The third-order valence-corrected chi connectivity index (χ3v) is 4.50. The van der Waals surface area contributed by atoms with E-state index in [0.29, 0.717) is 24.5 Å². The zero-order valence-corrected chi connectivity index (χ0v) is 15.6. The molecule has 1 aliphatic heterocycles. The molecule has 148 valence electrons. The third kappa shape index (κ3) is 4.67. The van der Waals surface area contributed by atoms with Crippen LogP contribution in [0.2, 0.25) is 0 Å². The van der Waals surface area contributed by atoms with Gasteiger partial charge in [-0.25, -0.2) is 14.4 Å². The Balaban J connectivity index is 1.45. The number of morpholine rings is 1. The molecule has 0 radical (unpaired) electrons. The van der Waals surface area contributed by atoms with Crippen molar-refractivity contribution in [2.75, 3.05) is 41.8 Å². The number of hydrogen-bond acceptors (Lipinski definition) is 6. The molecular formula is C21H20FN5O2. The highest BCUT2D eigenvalue weighted by Crippen LogP contribution is 2.26. The van der Waals surface area contributed by atoms with Crippen molar-refractivity contribution in [1.29, 1.82) is 0 Å². The van der Waals surface area contributed by atoms with E-state index < -0.39 is 0 Å². The van der Waals surface area contributed by atoms with Crippen molar-refractivity contribution in [1.82, 2.24) is 9.97 Å². The van der Waals surface area contributed by atoms with Crippen molar-refractivity contribution in [3.05, 3.63) is 72.3 Å². The lowest BCUT2D eigenvalue weighted by Crippen LogP contribution is -2.36. The van der Waals surface area contributed by atoms with Crippen LogP contribution in [0, 0.1) is 5.82 Å². The smallest absolute Gasteiger partial charge is 0.258 e. The number of ether oxygens (including phenoxy) is 1. The Morgan fingerprint density at radius 3 is 2.55 bits per heavy atom. The molecule has 1 amide bonds. The van der Waals surface area contributed by atoms with Crippen LogP contribution in [0.25, 0.3) is 0 Å². The quantitative estimate of drug-likeness (QED) is 0.691. The first-order chi connectivity index (χ1) is 14.2. The number of nitrogens with one attached hydrogen (secondary N) is 2. The number of carbonyl (C=O) groups excluding carboxylic acids is 1. The number of hydrogen-bond donors (Lipinski definition) is 2. The number of nitrogens with zero attached hydrogens (tertiary/aromatic N) is 3. The normalized spacial score (nSPS) is 13.8. The van der Waals surface area contributed by atoms with E-state index in [-0.39, 0.29) is 17.7 Å². The second-order valence-corrected chi connectivity index (χ2v) is 6.50. The van der Waals surface area contributed by atoms with Crippen LogP contribution in [-0.4, -0.2) is 42.2 Å². The summed E-state index contributed by atoms with van der Waals surface area (Å²) in [6, 6.07) is 13.6. The zero-order valence-electron chi connectivity index (χ0n) is 15.6. The highest BCUT2D eigenvalue weighted by Gasteiger charge is 2.16. The first kappa shape index (κ1) is 18.8. The van der Waals surface area contributed by atoms with Gasteiger partial charge in [-0.15, -0.1) is 0 Å². The van der Waals surface area contributed by atoms with Crippen LogP contribution in [0.5, 0.6) is 0 Å². The molecule has 0 spiro atoms. The Labute approximate surface area is 167 Å². The van der Waals surface area contributed by atoms with Crippen LogP contribution in [-0.2, 0) is 4.74 Å². The molecule has 1 saturated heterocycles. The van der Waals surface area contributed by atoms with Gasteiger partial charge in [-0.3, -0.25) is 4.79 Å². The van der Waals surface area contributed by atoms with E-state index in [2.05, 4.69) is 25.5 Å². The number of rotatable bonds is 5. The number of carbonyl (C=O) groups is 1. The molecule has 1 fully saturated rings. The second kappa shape index (κ2) is 8.66. The summed E-state index contributed by atoms with van der Waals surface area (Å²) in [6.07, 6.45) is 2.86. The van der Waals surface area contributed by atoms with E-state index in [1.165, 1.54) is 24.5 Å². The van der Waals surface area contributed by atoms with Gasteiger partial charge in [0.15, 0.2) is 0 Å². The molecule has 0 atom stereocenters. The molecule has 2 aromatic carbocycles. The fourth-order valence-corrected chi connectivity index (χ4v) is 3.06. The zero-order chi connectivity index (χ0) is 20.1. The summed E-state index contributed by atoms with van der Waals surface area (Å²) in [4.78, 5) is 23.1. The van der Waals surface area contributed by atoms with Crippen molar-refractivity contribution in [2.45, 2.75) is 0 Å². The Bertz CT molecular complexity index is 990. The number of anilines is 4. The van der Waals surface area contributed by atoms with Crippen LogP contribution < -0.4 is 15.5 Å². The summed E-state index contributed by atoms with van der Waals surface area (Å²) in [7, 11) is 0. The molecule has 0 bridgehead atoms. The molecule has 1 aliphatic rings. The average Bonchev–Trinajstić information content (AvgIpc) is 2.75. The molecule has 2 heterocycles. The SMILES string of the molecule is O=C(Nc1ccccc1N1CCOCC1)c1cnc(Nc2cccc(F)c2)nc1. The number of aromatic nitrogens is 2. The van der Waals surface area contributed by atoms with Gasteiger partial charge in [0.05, 0.1) is 30.2 Å². The Morgan fingerprint density at radius 2 is 1.79 bits per heavy atom. The van der Waals surface area contributed by atoms with E-state index in [1.807, 2.05) is 24.3 Å². The molecule has 7 nitrogen and oxygen atoms in total. The highest BCUT2D eigenvalue weighted by atomic mass is 19.1. The molecule has 4 rings (SSSR count). The number of benzene rings is 2. The fourth-order valence-electron chi connectivity index (χ4n) is 3.06. The van der Waals surface area contributed by atoms with E-state index >= 15 is 0 Å². The van der Waals surface area contributed by atoms with E-state index in [1.54, 1.807) is 12.1 Å². The Kier molecular flexibility index (Phi) is 5.62. The van der Waals surface area contributed by atoms with Gasteiger partial charge in [-0.1, -0.05) is 18.2 Å². The molecule has 3 aromatic rings. The van der Waals surface area contributed by atoms with Gasteiger partial charge < -0.3 is 20.3 Å². The van der Waals surface area contributed by atoms with Crippen LogP contribution >= 0.6 is 0 Å². The van der Waals surface area contributed by atoms with Crippen LogP contribution in [0.3, 0.4) is 0 Å². The minimum atomic E-state index is -0.357.